The van der Waals surface area contributed by atoms with Gasteiger partial charge in [0.15, 0.2) is 0 Å². The van der Waals surface area contributed by atoms with E-state index in [1.165, 1.54) is 6.07 Å². The summed E-state index contributed by atoms with van der Waals surface area (Å²) in [7, 11) is 1.89. The highest BCUT2D eigenvalue weighted by molar-refractivity contribution is 9.10. The van der Waals surface area contributed by atoms with Crippen LogP contribution in [0.5, 0.6) is 0 Å². The molecule has 2 aromatic carbocycles. The van der Waals surface area contributed by atoms with Crippen molar-refractivity contribution in [2.24, 2.45) is 7.05 Å². The van der Waals surface area contributed by atoms with E-state index in [0.717, 1.165) is 17.0 Å². The molecule has 4 rings (SSSR count). The molecule has 0 saturated heterocycles. The molecule has 0 aliphatic rings. The number of aryl methyl sites for hydroxylation is 1. The van der Waals surface area contributed by atoms with Gasteiger partial charge in [-0.2, -0.15) is 13.2 Å². The summed E-state index contributed by atoms with van der Waals surface area (Å²) in [6, 6.07) is 10.6. The minimum Gasteiger partial charge on any atom is -0.338 e. The average Bonchev–Trinajstić information content (AvgIpc) is 3.27. The standard InChI is InChI=1S/C20H17BrF3N5/c1-11(8-16-28-25-10-29(16)2)12-4-3-5-13(9-12)19-26-15-7-6-14(21)17(18(15)27-19)20(22,23)24/h3-7,9-11H,8H2,1-2H3,(H,26,27)/t11-/m0/s1. The monoisotopic (exact) mass is 463 g/mol. The topological polar surface area (TPSA) is 59.4 Å². The van der Waals surface area contributed by atoms with Crippen molar-refractivity contribution in [1.29, 1.82) is 0 Å². The van der Waals surface area contributed by atoms with E-state index in [9.17, 15) is 13.2 Å². The van der Waals surface area contributed by atoms with Crippen LogP contribution < -0.4 is 0 Å². The van der Waals surface area contributed by atoms with Gasteiger partial charge >= 0.3 is 6.18 Å². The highest BCUT2D eigenvalue weighted by atomic mass is 79.9. The van der Waals surface area contributed by atoms with Crippen molar-refractivity contribution in [2.75, 3.05) is 0 Å². The fourth-order valence-corrected chi connectivity index (χ4v) is 3.88. The normalized spacial score (nSPS) is 13.2. The molecule has 0 spiro atoms. The van der Waals surface area contributed by atoms with E-state index in [2.05, 4.69) is 43.0 Å². The smallest absolute Gasteiger partial charge is 0.338 e. The molecule has 0 radical (unpaired) electrons. The molecule has 0 aliphatic heterocycles. The summed E-state index contributed by atoms with van der Waals surface area (Å²) in [6.07, 6.45) is -2.15. The van der Waals surface area contributed by atoms with Crippen LogP contribution in [0, 0.1) is 0 Å². The zero-order valence-corrected chi connectivity index (χ0v) is 17.2. The highest BCUT2D eigenvalue weighted by Crippen LogP contribution is 2.40. The minimum atomic E-state index is -4.50. The molecule has 1 atom stereocenters. The van der Waals surface area contributed by atoms with Crippen LogP contribution >= 0.6 is 15.9 Å². The Bertz CT molecular complexity index is 1180. The Labute approximate surface area is 173 Å². The molecular formula is C20H17BrF3N5. The number of nitrogens with one attached hydrogen (secondary N) is 1. The molecule has 29 heavy (non-hydrogen) atoms. The van der Waals surface area contributed by atoms with Crippen molar-refractivity contribution in [3.05, 3.63) is 64.1 Å². The molecule has 2 heterocycles. The number of hydrogen-bond acceptors (Lipinski definition) is 3. The van der Waals surface area contributed by atoms with Gasteiger partial charge in [-0.25, -0.2) is 4.98 Å². The van der Waals surface area contributed by atoms with E-state index in [1.54, 1.807) is 12.4 Å². The maximum absolute atomic E-state index is 13.5. The molecule has 0 fully saturated rings. The molecule has 0 unspecified atom stereocenters. The van der Waals surface area contributed by atoms with Crippen molar-refractivity contribution < 1.29 is 13.2 Å². The average molecular weight is 464 g/mol. The van der Waals surface area contributed by atoms with Crippen molar-refractivity contribution in [3.63, 3.8) is 0 Å². The second kappa shape index (κ2) is 7.29. The van der Waals surface area contributed by atoms with Crippen LogP contribution in [0.3, 0.4) is 0 Å². The predicted octanol–water partition coefficient (Wildman–Crippen LogP) is 5.49. The Morgan fingerprint density at radius 3 is 2.69 bits per heavy atom. The molecule has 9 heteroatoms. The minimum absolute atomic E-state index is 0.0263. The summed E-state index contributed by atoms with van der Waals surface area (Å²) in [5.74, 6) is 1.42. The summed E-state index contributed by atoms with van der Waals surface area (Å²) in [5.41, 5.74) is 1.24. The first-order valence-electron chi connectivity index (χ1n) is 8.92. The van der Waals surface area contributed by atoms with Crippen LogP contribution in [0.1, 0.15) is 29.8 Å². The lowest BCUT2D eigenvalue weighted by Gasteiger charge is -2.12. The molecule has 2 aromatic heterocycles. The van der Waals surface area contributed by atoms with Gasteiger partial charge in [0.2, 0.25) is 0 Å². The van der Waals surface area contributed by atoms with E-state index in [4.69, 9.17) is 0 Å². The molecule has 0 aliphatic carbocycles. The quantitative estimate of drug-likeness (QED) is 0.435. The maximum atomic E-state index is 13.5. The summed E-state index contributed by atoms with van der Waals surface area (Å²) in [6.45, 7) is 2.07. The lowest BCUT2D eigenvalue weighted by atomic mass is 9.95. The third-order valence-corrected chi connectivity index (χ3v) is 5.57. The fourth-order valence-electron chi connectivity index (χ4n) is 3.33. The Hall–Kier alpha value is -2.68. The van der Waals surface area contributed by atoms with Crippen molar-refractivity contribution >= 4 is 27.0 Å². The molecule has 1 N–H and O–H groups in total. The summed E-state index contributed by atoms with van der Waals surface area (Å²) < 4.78 is 42.3. The SMILES string of the molecule is C[C@@H](Cc1nncn1C)c1cccc(-c2nc3c(C(F)(F)F)c(Br)ccc3[nH]2)c1. The lowest BCUT2D eigenvalue weighted by Crippen LogP contribution is -2.07. The largest absolute Gasteiger partial charge is 0.419 e. The molecule has 0 bridgehead atoms. The second-order valence-electron chi connectivity index (χ2n) is 6.99. The van der Waals surface area contributed by atoms with Gasteiger partial charge in [0.1, 0.15) is 23.5 Å². The number of halogens is 4. The maximum Gasteiger partial charge on any atom is 0.419 e. The van der Waals surface area contributed by atoms with Gasteiger partial charge in [0, 0.05) is 23.5 Å². The Morgan fingerprint density at radius 1 is 1.21 bits per heavy atom. The number of aromatic nitrogens is 5. The van der Waals surface area contributed by atoms with Crippen molar-refractivity contribution in [3.8, 4) is 11.4 Å². The lowest BCUT2D eigenvalue weighted by molar-refractivity contribution is -0.137. The molecule has 150 valence electrons. The van der Waals surface area contributed by atoms with Crippen molar-refractivity contribution in [1.82, 2.24) is 24.7 Å². The van der Waals surface area contributed by atoms with Crippen LogP contribution in [0.2, 0.25) is 0 Å². The first-order valence-corrected chi connectivity index (χ1v) is 9.72. The van der Waals surface area contributed by atoms with E-state index in [0.29, 0.717) is 17.8 Å². The number of benzene rings is 2. The third-order valence-electron chi connectivity index (χ3n) is 4.91. The van der Waals surface area contributed by atoms with Gasteiger partial charge in [-0.15, -0.1) is 10.2 Å². The second-order valence-corrected chi connectivity index (χ2v) is 7.84. The number of hydrogen-bond donors (Lipinski definition) is 1. The van der Waals surface area contributed by atoms with Gasteiger partial charge in [0.05, 0.1) is 11.1 Å². The zero-order chi connectivity index (χ0) is 20.8. The van der Waals surface area contributed by atoms with Gasteiger partial charge in [0.25, 0.3) is 0 Å². The molecule has 0 saturated carbocycles. The van der Waals surface area contributed by atoms with Crippen LogP contribution in [0.15, 0.2) is 47.2 Å². The summed E-state index contributed by atoms with van der Waals surface area (Å²) >= 11 is 3.00. The number of rotatable bonds is 4. The molecule has 5 nitrogen and oxygen atoms in total. The fraction of sp³-hybridized carbons (Fsp3) is 0.250. The van der Waals surface area contributed by atoms with E-state index >= 15 is 0 Å². The summed E-state index contributed by atoms with van der Waals surface area (Å²) in [4.78, 5) is 7.28. The Balaban J connectivity index is 1.71. The third kappa shape index (κ3) is 3.78. The zero-order valence-electron chi connectivity index (χ0n) is 15.6. The molecule has 0 amide bonds. The number of fused-ring (bicyclic) bond motifs is 1. The van der Waals surface area contributed by atoms with Crippen LogP contribution in [-0.2, 0) is 19.6 Å². The van der Waals surface area contributed by atoms with Crippen LogP contribution in [0.25, 0.3) is 22.4 Å². The first kappa shape index (κ1) is 19.6. The first-order chi connectivity index (χ1) is 13.7. The Morgan fingerprint density at radius 2 is 2.00 bits per heavy atom. The van der Waals surface area contributed by atoms with Crippen molar-refractivity contribution in [2.45, 2.75) is 25.4 Å². The number of nitrogens with zero attached hydrogens (tertiary/aromatic N) is 4. The van der Waals surface area contributed by atoms with Crippen LogP contribution in [-0.4, -0.2) is 24.7 Å². The van der Waals surface area contributed by atoms with Gasteiger partial charge in [-0.3, -0.25) is 0 Å². The van der Waals surface area contributed by atoms with E-state index in [-0.39, 0.29) is 15.9 Å². The number of imidazole rings is 1. The van der Waals surface area contributed by atoms with Gasteiger partial charge in [-0.05, 0) is 29.7 Å². The van der Waals surface area contributed by atoms with E-state index in [1.807, 2.05) is 35.9 Å². The van der Waals surface area contributed by atoms with Gasteiger partial charge in [-0.1, -0.05) is 41.1 Å². The molecular weight excluding hydrogens is 447 g/mol. The van der Waals surface area contributed by atoms with Crippen LogP contribution in [0.4, 0.5) is 13.2 Å². The predicted molar refractivity (Wildman–Crippen MR) is 107 cm³/mol. The van der Waals surface area contributed by atoms with E-state index < -0.39 is 11.7 Å². The van der Waals surface area contributed by atoms with Gasteiger partial charge < -0.3 is 9.55 Å². The number of alkyl halides is 3. The highest BCUT2D eigenvalue weighted by Gasteiger charge is 2.36. The summed E-state index contributed by atoms with van der Waals surface area (Å²) in [5, 5.41) is 8.01. The Kier molecular flexibility index (Phi) is 4.94. The molecule has 4 aromatic rings. The number of aromatic amines is 1. The number of H-pyrrole nitrogens is 1.